The SMILES string of the molecule is NC(Cc1nn[nH]n1)C(=O)C(Cc1ccc(-c2ccccc2)cc1)NCP(=O)(O)O. The smallest absolute Gasteiger partial charge is 0.324 e. The molecule has 0 saturated heterocycles. The quantitative estimate of drug-likeness (QED) is 0.290. The number of nitrogens with zero attached hydrogens (tertiary/aromatic N) is 3. The molecule has 0 saturated carbocycles. The van der Waals surface area contributed by atoms with Crippen LogP contribution in [0.4, 0.5) is 0 Å². The molecular formula is C19H23N6O4P. The summed E-state index contributed by atoms with van der Waals surface area (Å²) < 4.78 is 11.3. The Morgan fingerprint density at radius 1 is 1.07 bits per heavy atom. The second kappa shape index (κ2) is 9.84. The summed E-state index contributed by atoms with van der Waals surface area (Å²) in [5.74, 6) is -0.0998. The highest BCUT2D eigenvalue weighted by molar-refractivity contribution is 7.51. The molecule has 0 fully saturated rings. The molecule has 0 aliphatic carbocycles. The van der Waals surface area contributed by atoms with Gasteiger partial charge in [0.1, 0.15) is 0 Å². The van der Waals surface area contributed by atoms with Gasteiger partial charge in [0.15, 0.2) is 11.6 Å². The maximum Gasteiger partial charge on any atom is 0.339 e. The lowest BCUT2D eigenvalue weighted by Gasteiger charge is -2.21. The van der Waals surface area contributed by atoms with E-state index in [9.17, 15) is 19.1 Å². The molecule has 1 aromatic heterocycles. The van der Waals surface area contributed by atoms with Crippen molar-refractivity contribution in [2.75, 3.05) is 6.29 Å². The van der Waals surface area contributed by atoms with E-state index in [2.05, 4.69) is 25.9 Å². The van der Waals surface area contributed by atoms with Gasteiger partial charge in [0.25, 0.3) is 0 Å². The Morgan fingerprint density at radius 3 is 2.33 bits per heavy atom. The third-order valence-corrected chi connectivity index (χ3v) is 5.14. The molecular weight excluding hydrogens is 407 g/mol. The highest BCUT2D eigenvalue weighted by Gasteiger charge is 2.27. The van der Waals surface area contributed by atoms with Crippen molar-refractivity contribution >= 4 is 13.4 Å². The minimum Gasteiger partial charge on any atom is -0.324 e. The van der Waals surface area contributed by atoms with Crippen LogP contribution in [0.5, 0.6) is 0 Å². The summed E-state index contributed by atoms with van der Waals surface area (Å²) in [6.45, 7) is 0. The number of aromatic nitrogens is 4. The van der Waals surface area contributed by atoms with Gasteiger partial charge in [0, 0.05) is 6.42 Å². The van der Waals surface area contributed by atoms with Crippen LogP contribution in [0.3, 0.4) is 0 Å². The van der Waals surface area contributed by atoms with E-state index in [1.165, 1.54) is 0 Å². The maximum atomic E-state index is 12.9. The number of tetrazole rings is 1. The molecule has 2 atom stereocenters. The number of ketones is 1. The molecule has 2 aromatic carbocycles. The fraction of sp³-hybridized carbons (Fsp3) is 0.263. The van der Waals surface area contributed by atoms with Gasteiger partial charge in [-0.15, -0.1) is 10.2 Å². The fourth-order valence-corrected chi connectivity index (χ4v) is 3.48. The minimum atomic E-state index is -4.34. The molecule has 11 heteroatoms. The molecule has 3 aromatic rings. The van der Waals surface area contributed by atoms with E-state index >= 15 is 0 Å². The van der Waals surface area contributed by atoms with Crippen LogP contribution in [-0.4, -0.2) is 54.6 Å². The molecule has 158 valence electrons. The molecule has 0 spiro atoms. The van der Waals surface area contributed by atoms with Gasteiger partial charge in [-0.25, -0.2) is 0 Å². The van der Waals surface area contributed by atoms with Crippen molar-refractivity contribution in [2.45, 2.75) is 24.9 Å². The number of nitrogens with one attached hydrogen (secondary N) is 2. The lowest BCUT2D eigenvalue weighted by atomic mass is 9.95. The number of hydrogen-bond donors (Lipinski definition) is 5. The van der Waals surface area contributed by atoms with Crippen molar-refractivity contribution < 1.29 is 19.1 Å². The topological polar surface area (TPSA) is 167 Å². The molecule has 0 bridgehead atoms. The lowest BCUT2D eigenvalue weighted by molar-refractivity contribution is -0.122. The normalized spacial score (nSPS) is 13.7. The summed E-state index contributed by atoms with van der Waals surface area (Å²) in [4.78, 5) is 31.2. The van der Waals surface area contributed by atoms with Crippen molar-refractivity contribution in [3.63, 3.8) is 0 Å². The Balaban J connectivity index is 1.73. The number of carbonyl (C=O) groups is 1. The first-order valence-electron chi connectivity index (χ1n) is 9.26. The number of Topliss-reactive ketones (excluding diaryl/α,β-unsaturated/α-hetero) is 1. The monoisotopic (exact) mass is 430 g/mol. The number of carbonyl (C=O) groups excluding carboxylic acids is 1. The van der Waals surface area contributed by atoms with E-state index in [1.54, 1.807) is 0 Å². The average Bonchev–Trinajstić information content (AvgIpc) is 3.24. The number of hydrogen-bond acceptors (Lipinski definition) is 7. The van der Waals surface area contributed by atoms with E-state index < -0.39 is 26.0 Å². The zero-order valence-corrected chi connectivity index (χ0v) is 16.9. The Bertz CT molecular complexity index is 992. The van der Waals surface area contributed by atoms with Gasteiger partial charge in [0.05, 0.1) is 18.4 Å². The third-order valence-electron chi connectivity index (χ3n) is 4.55. The summed E-state index contributed by atoms with van der Waals surface area (Å²) in [5.41, 5.74) is 8.92. The van der Waals surface area contributed by atoms with Crippen LogP contribution in [0.1, 0.15) is 11.4 Å². The first-order chi connectivity index (χ1) is 14.3. The maximum absolute atomic E-state index is 12.9. The molecule has 30 heavy (non-hydrogen) atoms. The van der Waals surface area contributed by atoms with Crippen LogP contribution in [0.25, 0.3) is 11.1 Å². The van der Waals surface area contributed by atoms with Gasteiger partial charge in [-0.3, -0.25) is 14.7 Å². The summed E-state index contributed by atoms with van der Waals surface area (Å²) in [6.07, 6.45) is -0.329. The largest absolute Gasteiger partial charge is 0.339 e. The first-order valence-corrected chi connectivity index (χ1v) is 11.1. The standard InChI is InChI=1S/C19H23N6O4P/c20-16(11-18-22-24-25-23-18)19(26)17(21-12-30(27,28)29)10-13-6-8-15(9-7-13)14-4-2-1-3-5-14/h1-9,16-17,21H,10-12,20H2,(H2,27,28,29)(H,22,23,24,25). The number of benzene rings is 2. The molecule has 0 amide bonds. The Kier molecular flexibility index (Phi) is 7.20. The van der Waals surface area contributed by atoms with Gasteiger partial charge >= 0.3 is 7.60 Å². The van der Waals surface area contributed by atoms with Crippen LogP contribution < -0.4 is 11.1 Å². The van der Waals surface area contributed by atoms with Crippen molar-refractivity contribution in [3.8, 4) is 11.1 Å². The van der Waals surface area contributed by atoms with Gasteiger partial charge in [-0.1, -0.05) is 59.8 Å². The van der Waals surface area contributed by atoms with Crippen LogP contribution in [-0.2, 0) is 22.2 Å². The van der Waals surface area contributed by atoms with Crippen LogP contribution in [0, 0.1) is 0 Å². The molecule has 3 rings (SSSR count). The molecule has 1 heterocycles. The van der Waals surface area contributed by atoms with Crippen LogP contribution in [0.15, 0.2) is 54.6 Å². The highest BCUT2D eigenvalue weighted by atomic mass is 31.2. The Labute approximate surface area is 173 Å². The number of H-pyrrole nitrogens is 1. The van der Waals surface area contributed by atoms with Crippen molar-refractivity contribution in [1.82, 2.24) is 25.9 Å². The third kappa shape index (κ3) is 6.38. The Morgan fingerprint density at radius 2 is 1.73 bits per heavy atom. The molecule has 6 N–H and O–H groups in total. The van der Waals surface area contributed by atoms with Crippen LogP contribution >= 0.6 is 7.60 Å². The first kappa shape index (κ1) is 21.9. The van der Waals surface area contributed by atoms with Crippen molar-refractivity contribution in [2.24, 2.45) is 5.73 Å². The van der Waals surface area contributed by atoms with Gasteiger partial charge in [-0.05, 0) is 23.1 Å². The molecule has 2 unspecified atom stereocenters. The molecule has 0 radical (unpaired) electrons. The summed E-state index contributed by atoms with van der Waals surface area (Å²) >= 11 is 0. The number of nitrogens with two attached hydrogens (primary N) is 1. The highest BCUT2D eigenvalue weighted by Crippen LogP contribution is 2.32. The summed E-state index contributed by atoms with van der Waals surface area (Å²) in [6, 6.07) is 15.7. The minimum absolute atomic E-state index is 0.0658. The second-order valence-corrected chi connectivity index (χ2v) is 8.53. The predicted molar refractivity (Wildman–Crippen MR) is 110 cm³/mol. The van der Waals surface area contributed by atoms with Gasteiger partial charge < -0.3 is 15.5 Å². The molecule has 10 nitrogen and oxygen atoms in total. The summed E-state index contributed by atoms with van der Waals surface area (Å²) in [7, 11) is -4.34. The van der Waals surface area contributed by atoms with Crippen LogP contribution in [0.2, 0.25) is 0 Å². The molecule has 0 aliphatic rings. The predicted octanol–water partition coefficient (Wildman–Crippen LogP) is 0.642. The van der Waals surface area contributed by atoms with E-state index in [4.69, 9.17) is 5.73 Å². The summed E-state index contributed by atoms with van der Waals surface area (Å²) in [5, 5.41) is 15.9. The number of aromatic amines is 1. The van der Waals surface area contributed by atoms with E-state index in [1.807, 2.05) is 54.6 Å². The molecule has 0 aliphatic heterocycles. The van der Waals surface area contributed by atoms with Crippen molar-refractivity contribution in [3.05, 3.63) is 66.0 Å². The second-order valence-electron chi connectivity index (χ2n) is 6.89. The number of rotatable bonds is 10. The van der Waals surface area contributed by atoms with E-state index in [0.29, 0.717) is 0 Å². The fourth-order valence-electron chi connectivity index (χ4n) is 3.03. The van der Waals surface area contributed by atoms with Crippen molar-refractivity contribution in [1.29, 1.82) is 0 Å². The average molecular weight is 430 g/mol. The van der Waals surface area contributed by atoms with Gasteiger partial charge in [-0.2, -0.15) is 5.21 Å². The van der Waals surface area contributed by atoms with Gasteiger partial charge in [0.2, 0.25) is 0 Å². The van der Waals surface area contributed by atoms with E-state index in [0.717, 1.165) is 16.7 Å². The zero-order valence-electron chi connectivity index (χ0n) is 16.0. The zero-order chi connectivity index (χ0) is 21.6. The lowest BCUT2D eigenvalue weighted by Crippen LogP contribution is -2.48. The van der Waals surface area contributed by atoms with E-state index in [-0.39, 0.29) is 24.4 Å². The Hall–Kier alpha value is -2.75.